The van der Waals surface area contributed by atoms with Gasteiger partial charge in [0, 0.05) is 16.5 Å². The number of carbonyl (C=O) groups is 1. The number of rotatable bonds is 1. The van der Waals surface area contributed by atoms with Gasteiger partial charge in [-0.05, 0) is 12.1 Å². The fourth-order valence-corrected chi connectivity index (χ4v) is 1.64. The number of aromatic nitrogens is 1. The molecule has 5 nitrogen and oxygen atoms in total. The first-order valence-electron chi connectivity index (χ1n) is 4.31. The van der Waals surface area contributed by atoms with Crippen LogP contribution in [0.1, 0.15) is 10.5 Å². The van der Waals surface area contributed by atoms with Gasteiger partial charge in [-0.15, -0.1) is 0 Å². The molecular weight excluding hydrogens is 232 g/mol. The lowest BCUT2D eigenvalue weighted by molar-refractivity contribution is 0.0690. The fourth-order valence-electron chi connectivity index (χ4n) is 1.41. The van der Waals surface area contributed by atoms with Crippen molar-refractivity contribution in [1.29, 1.82) is 0 Å². The van der Waals surface area contributed by atoms with E-state index >= 15 is 0 Å². The lowest BCUT2D eigenvalue weighted by Gasteiger charge is -2.05. The lowest BCUT2D eigenvalue weighted by atomic mass is 10.1. The highest BCUT2D eigenvalue weighted by Gasteiger charge is 2.12. The molecule has 0 bridgehead atoms. The fraction of sp³-hybridized carbons (Fsp3) is 0. The molecule has 16 heavy (non-hydrogen) atoms. The largest absolute Gasteiger partial charge is 0.507 e. The van der Waals surface area contributed by atoms with Gasteiger partial charge in [0.15, 0.2) is 5.69 Å². The van der Waals surface area contributed by atoms with Gasteiger partial charge in [-0.3, -0.25) is 0 Å². The average Bonchev–Trinajstić information content (AvgIpc) is 2.19. The van der Waals surface area contributed by atoms with E-state index in [4.69, 9.17) is 22.4 Å². The second-order valence-corrected chi connectivity index (χ2v) is 3.66. The molecule has 0 spiro atoms. The van der Waals surface area contributed by atoms with Crippen LogP contribution < -0.4 is 5.73 Å². The minimum Gasteiger partial charge on any atom is -0.507 e. The maximum Gasteiger partial charge on any atom is 0.354 e. The number of aromatic hydroxyl groups is 1. The summed E-state index contributed by atoms with van der Waals surface area (Å²) >= 11 is 5.76. The third kappa shape index (κ3) is 1.61. The van der Waals surface area contributed by atoms with Crippen molar-refractivity contribution < 1.29 is 15.0 Å². The highest BCUT2D eigenvalue weighted by molar-refractivity contribution is 6.32. The minimum atomic E-state index is -1.23. The summed E-state index contributed by atoms with van der Waals surface area (Å²) in [5.74, 6) is -1.44. The van der Waals surface area contributed by atoms with Crippen LogP contribution >= 0.6 is 11.6 Å². The quantitative estimate of drug-likeness (QED) is 0.659. The molecule has 6 heteroatoms. The Hall–Kier alpha value is -2.01. The number of carboxylic acid groups (broad SMARTS) is 1. The molecule has 1 aromatic carbocycles. The first-order chi connectivity index (χ1) is 7.49. The Bertz CT molecular complexity index is 598. The Morgan fingerprint density at radius 1 is 1.38 bits per heavy atom. The van der Waals surface area contributed by atoms with Crippen LogP contribution in [-0.2, 0) is 0 Å². The number of benzene rings is 1. The van der Waals surface area contributed by atoms with Crippen molar-refractivity contribution in [3.05, 3.63) is 28.9 Å². The van der Waals surface area contributed by atoms with Gasteiger partial charge in [-0.1, -0.05) is 11.6 Å². The minimum absolute atomic E-state index is 0.211. The van der Waals surface area contributed by atoms with Gasteiger partial charge in [-0.25, -0.2) is 9.78 Å². The molecule has 0 unspecified atom stereocenters. The van der Waals surface area contributed by atoms with Gasteiger partial charge in [0.1, 0.15) is 5.75 Å². The van der Waals surface area contributed by atoms with E-state index < -0.39 is 5.97 Å². The number of anilines is 1. The molecule has 1 heterocycles. The van der Waals surface area contributed by atoms with Gasteiger partial charge >= 0.3 is 5.97 Å². The molecule has 1 aromatic heterocycles. The summed E-state index contributed by atoms with van der Waals surface area (Å²) in [6.07, 6.45) is 0. The van der Waals surface area contributed by atoms with E-state index in [1.54, 1.807) is 0 Å². The van der Waals surface area contributed by atoms with Crippen LogP contribution in [0.25, 0.3) is 10.9 Å². The van der Waals surface area contributed by atoms with Crippen molar-refractivity contribution in [2.45, 2.75) is 0 Å². The zero-order valence-corrected chi connectivity index (χ0v) is 8.69. The lowest BCUT2D eigenvalue weighted by Crippen LogP contribution is -2.01. The molecule has 0 fully saturated rings. The maximum absolute atomic E-state index is 10.7. The molecule has 0 atom stereocenters. The first-order valence-corrected chi connectivity index (χ1v) is 4.69. The summed E-state index contributed by atoms with van der Waals surface area (Å²) in [6, 6.07) is 3.98. The molecule has 0 aliphatic heterocycles. The zero-order chi connectivity index (χ0) is 11.9. The summed E-state index contributed by atoms with van der Waals surface area (Å²) in [5.41, 5.74) is 5.83. The van der Waals surface area contributed by atoms with Crippen molar-refractivity contribution in [2.24, 2.45) is 0 Å². The second kappa shape index (κ2) is 3.53. The number of nitrogen functional groups attached to an aromatic ring is 1. The first kappa shape index (κ1) is 10.5. The van der Waals surface area contributed by atoms with Crippen LogP contribution in [0.5, 0.6) is 5.75 Å². The second-order valence-electron chi connectivity index (χ2n) is 3.22. The van der Waals surface area contributed by atoms with Crippen molar-refractivity contribution in [2.75, 3.05) is 5.73 Å². The topological polar surface area (TPSA) is 96.4 Å². The normalized spacial score (nSPS) is 10.6. The number of aromatic carboxylic acids is 1. The van der Waals surface area contributed by atoms with Crippen LogP contribution in [0.4, 0.5) is 5.69 Å². The van der Waals surface area contributed by atoms with E-state index in [0.717, 1.165) is 6.07 Å². The number of pyridine rings is 1. The number of halogens is 1. The van der Waals surface area contributed by atoms with E-state index in [0.29, 0.717) is 10.4 Å². The monoisotopic (exact) mass is 238 g/mol. The van der Waals surface area contributed by atoms with E-state index in [1.807, 2.05) is 0 Å². The molecule has 0 saturated heterocycles. The Morgan fingerprint density at radius 3 is 2.69 bits per heavy atom. The van der Waals surface area contributed by atoms with Crippen LogP contribution in [0.2, 0.25) is 5.02 Å². The molecule has 2 aromatic rings. The Morgan fingerprint density at radius 2 is 2.06 bits per heavy atom. The van der Waals surface area contributed by atoms with E-state index in [1.165, 1.54) is 12.1 Å². The number of fused-ring (bicyclic) bond motifs is 1. The maximum atomic E-state index is 10.7. The molecule has 4 N–H and O–H groups in total. The summed E-state index contributed by atoms with van der Waals surface area (Å²) in [7, 11) is 0. The third-order valence-corrected chi connectivity index (χ3v) is 2.32. The Labute approximate surface area is 95.1 Å². The van der Waals surface area contributed by atoms with Gasteiger partial charge in [0.2, 0.25) is 0 Å². The van der Waals surface area contributed by atoms with Crippen LogP contribution in [0, 0.1) is 0 Å². The third-order valence-electron chi connectivity index (χ3n) is 2.10. The summed E-state index contributed by atoms with van der Waals surface area (Å²) < 4.78 is 0. The standard InChI is InChI=1S/C10H7ClN2O3/c11-4-1-5-8(14)3-7(10(15)16)13-9(5)6(12)2-4/h1-3H,12H2,(H,13,14)(H,15,16). The molecule has 2 rings (SSSR count). The smallest absolute Gasteiger partial charge is 0.354 e. The summed E-state index contributed by atoms with van der Waals surface area (Å²) in [4.78, 5) is 14.6. The molecular formula is C10H7ClN2O3. The highest BCUT2D eigenvalue weighted by atomic mass is 35.5. The molecule has 82 valence electrons. The van der Waals surface area contributed by atoms with Crippen molar-refractivity contribution in [1.82, 2.24) is 4.98 Å². The van der Waals surface area contributed by atoms with Gasteiger partial charge < -0.3 is 15.9 Å². The molecule has 0 aliphatic carbocycles. The predicted octanol–water partition coefficient (Wildman–Crippen LogP) is 1.87. The summed E-state index contributed by atoms with van der Waals surface area (Å²) in [6.45, 7) is 0. The Kier molecular flexibility index (Phi) is 2.32. The van der Waals surface area contributed by atoms with Crippen molar-refractivity contribution in [3.8, 4) is 5.75 Å². The average molecular weight is 239 g/mol. The van der Waals surface area contributed by atoms with E-state index in [2.05, 4.69) is 4.98 Å². The van der Waals surface area contributed by atoms with Crippen molar-refractivity contribution >= 4 is 34.2 Å². The van der Waals surface area contributed by atoms with Gasteiger partial charge in [0.05, 0.1) is 11.2 Å². The number of carboxylic acids is 1. The molecule has 0 aliphatic rings. The zero-order valence-electron chi connectivity index (χ0n) is 7.94. The summed E-state index contributed by atoms with van der Waals surface area (Å²) in [5, 5.41) is 19.1. The van der Waals surface area contributed by atoms with Crippen molar-refractivity contribution in [3.63, 3.8) is 0 Å². The number of nitrogens with two attached hydrogens (primary N) is 1. The predicted molar refractivity (Wildman–Crippen MR) is 59.8 cm³/mol. The Balaban J connectivity index is 2.87. The molecule has 0 saturated carbocycles. The van der Waals surface area contributed by atoms with E-state index in [-0.39, 0.29) is 22.6 Å². The van der Waals surface area contributed by atoms with Crippen LogP contribution in [-0.4, -0.2) is 21.2 Å². The number of nitrogens with zero attached hydrogens (tertiary/aromatic N) is 1. The molecule has 0 radical (unpaired) electrons. The SMILES string of the molecule is Nc1cc(Cl)cc2c(O)cc(C(=O)O)nc12. The number of hydrogen-bond donors (Lipinski definition) is 3. The highest BCUT2D eigenvalue weighted by Crippen LogP contribution is 2.31. The van der Waals surface area contributed by atoms with Crippen LogP contribution in [0.15, 0.2) is 18.2 Å². The molecule has 0 amide bonds. The van der Waals surface area contributed by atoms with Crippen LogP contribution in [0.3, 0.4) is 0 Å². The van der Waals surface area contributed by atoms with Gasteiger partial charge in [-0.2, -0.15) is 0 Å². The van der Waals surface area contributed by atoms with E-state index in [9.17, 15) is 9.90 Å². The number of hydrogen-bond acceptors (Lipinski definition) is 4. The van der Waals surface area contributed by atoms with Gasteiger partial charge in [0.25, 0.3) is 0 Å².